The fourth-order valence-corrected chi connectivity index (χ4v) is 2.11. The Balaban J connectivity index is 2.59. The van der Waals surface area contributed by atoms with Crippen molar-refractivity contribution in [3.05, 3.63) is 23.8 Å². The van der Waals surface area contributed by atoms with Gasteiger partial charge in [-0.15, -0.1) is 0 Å². The number of nitrogens with one attached hydrogen (secondary N) is 1. The minimum absolute atomic E-state index is 0.00481. The molecule has 3 N–H and O–H groups in total. The molecular formula is C16H25NO3. The molecule has 1 rings (SSSR count). The van der Waals surface area contributed by atoms with E-state index in [0.717, 1.165) is 12.8 Å². The van der Waals surface area contributed by atoms with Crippen LogP contribution in [-0.2, 0) is 0 Å². The maximum absolute atomic E-state index is 12.0. The quantitative estimate of drug-likeness (QED) is 0.670. The highest BCUT2D eigenvalue weighted by Crippen LogP contribution is 2.27. The van der Waals surface area contributed by atoms with Crippen molar-refractivity contribution in [2.24, 2.45) is 5.41 Å². The lowest BCUT2D eigenvalue weighted by atomic mass is 9.87. The number of carbonyl (C=O) groups is 1. The summed E-state index contributed by atoms with van der Waals surface area (Å²) in [4.78, 5) is 12.0. The molecule has 0 atom stereocenters. The van der Waals surface area contributed by atoms with Gasteiger partial charge in [0.25, 0.3) is 5.91 Å². The molecule has 0 radical (unpaired) electrons. The Morgan fingerprint density at radius 2 is 1.80 bits per heavy atom. The predicted octanol–water partition coefficient (Wildman–Crippen LogP) is 3.43. The van der Waals surface area contributed by atoms with E-state index in [4.69, 9.17) is 0 Å². The highest BCUT2D eigenvalue weighted by atomic mass is 16.3. The summed E-state index contributed by atoms with van der Waals surface area (Å²) in [7, 11) is 0. The minimum atomic E-state index is -0.441. The van der Waals surface area contributed by atoms with Crippen molar-refractivity contribution in [2.75, 3.05) is 6.54 Å². The van der Waals surface area contributed by atoms with Crippen LogP contribution in [0.5, 0.6) is 11.5 Å². The number of unbranched alkanes of at least 4 members (excludes halogenated alkanes) is 2. The fourth-order valence-electron chi connectivity index (χ4n) is 2.11. The molecule has 0 unspecified atom stereocenters. The summed E-state index contributed by atoms with van der Waals surface area (Å²) < 4.78 is 0. The molecule has 1 amide bonds. The van der Waals surface area contributed by atoms with E-state index in [2.05, 4.69) is 26.1 Å². The Hall–Kier alpha value is -1.71. The van der Waals surface area contributed by atoms with Crippen LogP contribution in [0, 0.1) is 5.41 Å². The molecule has 0 heterocycles. The summed E-state index contributed by atoms with van der Waals surface area (Å²) in [5.41, 5.74) is -0.0537. The monoisotopic (exact) mass is 279 g/mol. The van der Waals surface area contributed by atoms with Gasteiger partial charge in [0.2, 0.25) is 0 Å². The van der Waals surface area contributed by atoms with E-state index in [1.54, 1.807) is 0 Å². The van der Waals surface area contributed by atoms with E-state index in [-0.39, 0.29) is 22.5 Å². The van der Waals surface area contributed by atoms with Crippen molar-refractivity contribution in [1.29, 1.82) is 0 Å². The Morgan fingerprint density at radius 3 is 2.35 bits per heavy atom. The molecule has 0 bridgehead atoms. The Labute approximate surface area is 120 Å². The van der Waals surface area contributed by atoms with Crippen LogP contribution in [0.4, 0.5) is 0 Å². The zero-order valence-electron chi connectivity index (χ0n) is 12.6. The third-order valence-corrected chi connectivity index (χ3v) is 3.43. The second kappa shape index (κ2) is 7.17. The van der Waals surface area contributed by atoms with Gasteiger partial charge in [-0.05, 0) is 24.0 Å². The van der Waals surface area contributed by atoms with E-state index in [9.17, 15) is 15.0 Å². The van der Waals surface area contributed by atoms with Crippen LogP contribution < -0.4 is 5.32 Å². The molecule has 112 valence electrons. The van der Waals surface area contributed by atoms with Crippen molar-refractivity contribution >= 4 is 5.91 Å². The summed E-state index contributed by atoms with van der Waals surface area (Å²) in [5.74, 6) is -0.846. The van der Waals surface area contributed by atoms with Gasteiger partial charge in [-0.2, -0.15) is 0 Å². The average molecular weight is 279 g/mol. The Kier molecular flexibility index (Phi) is 5.86. The van der Waals surface area contributed by atoms with Gasteiger partial charge in [0, 0.05) is 6.54 Å². The second-order valence-electron chi connectivity index (χ2n) is 5.98. The van der Waals surface area contributed by atoms with Crippen molar-refractivity contribution in [3.63, 3.8) is 0 Å². The van der Waals surface area contributed by atoms with Gasteiger partial charge in [0.15, 0.2) is 0 Å². The summed E-state index contributed by atoms with van der Waals surface area (Å²) in [6.45, 7) is 6.89. The van der Waals surface area contributed by atoms with Gasteiger partial charge in [-0.25, -0.2) is 0 Å². The van der Waals surface area contributed by atoms with Gasteiger partial charge >= 0.3 is 0 Å². The first-order valence-corrected chi connectivity index (χ1v) is 7.16. The topological polar surface area (TPSA) is 69.6 Å². The first kappa shape index (κ1) is 16.3. The molecule has 1 aromatic rings. The smallest absolute Gasteiger partial charge is 0.258 e. The number of aromatic hydroxyl groups is 2. The first-order valence-electron chi connectivity index (χ1n) is 7.16. The van der Waals surface area contributed by atoms with Gasteiger partial charge in [-0.3, -0.25) is 4.79 Å². The largest absolute Gasteiger partial charge is 0.507 e. The van der Waals surface area contributed by atoms with E-state index in [0.29, 0.717) is 6.54 Å². The minimum Gasteiger partial charge on any atom is -0.507 e. The van der Waals surface area contributed by atoms with E-state index in [1.165, 1.54) is 31.0 Å². The lowest BCUT2D eigenvalue weighted by Gasteiger charge is -2.25. The fraction of sp³-hybridized carbons (Fsp3) is 0.562. The van der Waals surface area contributed by atoms with E-state index >= 15 is 0 Å². The molecule has 0 aliphatic rings. The number of hydrogen-bond donors (Lipinski definition) is 3. The lowest BCUT2D eigenvalue weighted by Crippen LogP contribution is -2.34. The van der Waals surface area contributed by atoms with Crippen molar-refractivity contribution in [3.8, 4) is 11.5 Å². The van der Waals surface area contributed by atoms with Crippen LogP contribution in [0.3, 0.4) is 0 Å². The molecule has 0 aliphatic carbocycles. The van der Waals surface area contributed by atoms with Gasteiger partial charge in [0.05, 0.1) is 0 Å². The van der Waals surface area contributed by atoms with Crippen LogP contribution in [0.1, 0.15) is 56.8 Å². The molecule has 4 heteroatoms. The molecule has 0 aromatic heterocycles. The lowest BCUT2D eigenvalue weighted by molar-refractivity contribution is 0.0928. The number of amides is 1. The molecule has 0 aliphatic heterocycles. The van der Waals surface area contributed by atoms with Crippen molar-refractivity contribution in [1.82, 2.24) is 5.32 Å². The second-order valence-corrected chi connectivity index (χ2v) is 5.98. The third-order valence-electron chi connectivity index (χ3n) is 3.43. The molecular weight excluding hydrogens is 254 g/mol. The van der Waals surface area contributed by atoms with Crippen LogP contribution in [0.25, 0.3) is 0 Å². The highest BCUT2D eigenvalue weighted by Gasteiger charge is 2.21. The molecule has 0 saturated carbocycles. The normalized spacial score (nSPS) is 11.3. The molecule has 20 heavy (non-hydrogen) atoms. The number of phenols is 2. The van der Waals surface area contributed by atoms with E-state index < -0.39 is 5.91 Å². The van der Waals surface area contributed by atoms with Crippen LogP contribution in [0.2, 0.25) is 0 Å². The molecule has 0 fully saturated rings. The van der Waals surface area contributed by atoms with Crippen LogP contribution in [-0.4, -0.2) is 22.7 Å². The summed E-state index contributed by atoms with van der Waals surface area (Å²) in [6.07, 6.45) is 4.54. The zero-order valence-corrected chi connectivity index (χ0v) is 12.6. The van der Waals surface area contributed by atoms with Crippen LogP contribution >= 0.6 is 0 Å². The maximum atomic E-state index is 12.0. The average Bonchev–Trinajstić information content (AvgIpc) is 2.36. The number of rotatable bonds is 7. The molecule has 1 aromatic carbocycles. The van der Waals surface area contributed by atoms with Crippen molar-refractivity contribution < 1.29 is 15.0 Å². The zero-order chi connectivity index (χ0) is 15.2. The van der Waals surface area contributed by atoms with Gasteiger partial charge in [0.1, 0.15) is 17.1 Å². The third kappa shape index (κ3) is 4.76. The Morgan fingerprint density at radius 1 is 1.20 bits per heavy atom. The number of hydrogen-bond acceptors (Lipinski definition) is 3. The molecule has 0 spiro atoms. The van der Waals surface area contributed by atoms with Gasteiger partial charge in [-0.1, -0.05) is 46.1 Å². The van der Waals surface area contributed by atoms with Crippen molar-refractivity contribution in [2.45, 2.75) is 46.5 Å². The Bertz CT molecular complexity index is 435. The molecule has 0 saturated heterocycles. The maximum Gasteiger partial charge on any atom is 0.258 e. The summed E-state index contributed by atoms with van der Waals surface area (Å²) >= 11 is 0. The SMILES string of the molecule is CCCCCC(C)(C)CNC(=O)c1c(O)cccc1O. The highest BCUT2D eigenvalue weighted by molar-refractivity contribution is 5.99. The van der Waals surface area contributed by atoms with Crippen LogP contribution in [0.15, 0.2) is 18.2 Å². The van der Waals surface area contributed by atoms with Gasteiger partial charge < -0.3 is 15.5 Å². The van der Waals surface area contributed by atoms with E-state index in [1.807, 2.05) is 0 Å². The summed E-state index contributed by atoms with van der Waals surface area (Å²) in [5, 5.41) is 22.1. The molecule has 4 nitrogen and oxygen atoms in total. The summed E-state index contributed by atoms with van der Waals surface area (Å²) in [6, 6.07) is 4.28. The first-order chi connectivity index (χ1) is 9.37. The predicted molar refractivity (Wildman–Crippen MR) is 80.0 cm³/mol. The standard InChI is InChI=1S/C16H25NO3/c1-4-5-6-10-16(2,3)11-17-15(20)14-12(18)8-7-9-13(14)19/h7-9,18-19H,4-6,10-11H2,1-3H3,(H,17,20). The number of benzene rings is 1. The number of phenolic OH excluding ortho intramolecular Hbond substituents is 2. The number of carbonyl (C=O) groups excluding carboxylic acids is 1.